The second-order valence-corrected chi connectivity index (χ2v) is 4.40. The van der Waals surface area contributed by atoms with Gasteiger partial charge in [-0.1, -0.05) is 0 Å². The number of fused-ring (bicyclic) bond motifs is 1. The van der Waals surface area contributed by atoms with E-state index in [-0.39, 0.29) is 0 Å². The third kappa shape index (κ3) is 1.04. The Labute approximate surface area is 80.4 Å². The van der Waals surface area contributed by atoms with Crippen molar-refractivity contribution < 1.29 is 0 Å². The Balaban J connectivity index is 2.36. The molecule has 13 heavy (non-hydrogen) atoms. The largest absolute Gasteiger partial charge is 0.397 e. The molecule has 2 N–H and O–H groups in total. The zero-order valence-corrected chi connectivity index (χ0v) is 7.97. The van der Waals surface area contributed by atoms with Crippen LogP contribution in [0.2, 0.25) is 0 Å². The second kappa shape index (κ2) is 2.45. The molecule has 0 aliphatic heterocycles. The first-order chi connectivity index (χ1) is 6.36. The zero-order valence-electron chi connectivity index (χ0n) is 7.16. The quantitative estimate of drug-likeness (QED) is 0.751. The van der Waals surface area contributed by atoms with E-state index in [4.69, 9.17) is 5.73 Å². The maximum Gasteiger partial charge on any atom is 0.125 e. The molecular weight excluding hydrogens is 180 g/mol. The summed E-state index contributed by atoms with van der Waals surface area (Å²) < 4.78 is 0. The number of anilines is 1. The van der Waals surface area contributed by atoms with Gasteiger partial charge in [-0.15, -0.1) is 11.3 Å². The van der Waals surface area contributed by atoms with Gasteiger partial charge in [-0.2, -0.15) is 0 Å². The molecule has 66 valence electrons. The van der Waals surface area contributed by atoms with Crippen molar-refractivity contribution >= 4 is 27.2 Å². The molecule has 2 nitrogen and oxygen atoms in total. The van der Waals surface area contributed by atoms with E-state index in [1.807, 2.05) is 11.6 Å². The molecule has 1 fully saturated rings. The van der Waals surface area contributed by atoms with Crippen molar-refractivity contribution in [3.8, 4) is 0 Å². The highest BCUT2D eigenvalue weighted by molar-refractivity contribution is 7.17. The molecule has 2 heterocycles. The Hall–Kier alpha value is -1.09. The molecule has 0 spiro atoms. The van der Waals surface area contributed by atoms with Crippen LogP contribution in [-0.4, -0.2) is 4.98 Å². The van der Waals surface area contributed by atoms with Crippen LogP contribution < -0.4 is 5.73 Å². The maximum absolute atomic E-state index is 5.91. The number of rotatable bonds is 1. The first kappa shape index (κ1) is 7.33. The average Bonchev–Trinajstić information content (AvgIpc) is 2.92. The number of aromatic nitrogens is 1. The minimum atomic E-state index is 0.752. The fourth-order valence-corrected chi connectivity index (χ4v) is 2.58. The molecule has 0 aromatic carbocycles. The normalized spacial score (nSPS) is 16.6. The monoisotopic (exact) mass is 190 g/mol. The number of nitrogen functional groups attached to an aromatic ring is 1. The minimum Gasteiger partial charge on any atom is -0.397 e. The van der Waals surface area contributed by atoms with E-state index >= 15 is 0 Å². The maximum atomic E-state index is 5.91. The zero-order chi connectivity index (χ0) is 8.84. The van der Waals surface area contributed by atoms with Crippen LogP contribution in [0.15, 0.2) is 17.6 Å². The highest BCUT2D eigenvalue weighted by Crippen LogP contribution is 2.45. The molecule has 2 aromatic heterocycles. The third-order valence-corrected chi connectivity index (χ3v) is 3.46. The summed E-state index contributed by atoms with van der Waals surface area (Å²) in [6.07, 6.45) is 4.52. The average molecular weight is 190 g/mol. The first-order valence-corrected chi connectivity index (χ1v) is 5.36. The lowest BCUT2D eigenvalue weighted by Gasteiger charge is -2.00. The van der Waals surface area contributed by atoms with E-state index in [1.54, 1.807) is 11.3 Å². The summed E-state index contributed by atoms with van der Waals surface area (Å²) in [5.74, 6) is 0.752. The van der Waals surface area contributed by atoms with Crippen LogP contribution in [-0.2, 0) is 0 Å². The standard InChI is InChI=1S/C10H10N2S/c11-8-5-13-10-9(8)7(3-4-12-10)6-1-2-6/h3-6H,1-2,11H2. The molecule has 1 saturated carbocycles. The highest BCUT2D eigenvalue weighted by Gasteiger charge is 2.26. The second-order valence-electron chi connectivity index (χ2n) is 3.55. The van der Waals surface area contributed by atoms with Gasteiger partial charge in [-0.05, 0) is 30.4 Å². The van der Waals surface area contributed by atoms with Gasteiger partial charge in [0.1, 0.15) is 4.83 Å². The number of hydrogen-bond acceptors (Lipinski definition) is 3. The van der Waals surface area contributed by atoms with Gasteiger partial charge in [0.15, 0.2) is 0 Å². The van der Waals surface area contributed by atoms with Crippen LogP contribution in [0, 0.1) is 0 Å². The van der Waals surface area contributed by atoms with Gasteiger partial charge in [-0.25, -0.2) is 4.98 Å². The Morgan fingerprint density at radius 3 is 3.08 bits per heavy atom. The van der Waals surface area contributed by atoms with Crippen molar-refractivity contribution in [3.63, 3.8) is 0 Å². The molecule has 0 atom stereocenters. The molecule has 1 aliphatic rings. The highest BCUT2D eigenvalue weighted by atomic mass is 32.1. The van der Waals surface area contributed by atoms with Crippen molar-refractivity contribution in [1.82, 2.24) is 4.98 Å². The summed E-state index contributed by atoms with van der Waals surface area (Å²) in [5, 5.41) is 3.19. The number of pyridine rings is 1. The van der Waals surface area contributed by atoms with Crippen LogP contribution in [0.25, 0.3) is 10.2 Å². The predicted molar refractivity (Wildman–Crippen MR) is 56.0 cm³/mol. The minimum absolute atomic E-state index is 0.752. The molecule has 0 bridgehead atoms. The fraction of sp³-hybridized carbons (Fsp3) is 0.300. The van der Waals surface area contributed by atoms with Gasteiger partial charge in [-0.3, -0.25) is 0 Å². The van der Waals surface area contributed by atoms with Crippen LogP contribution in [0.1, 0.15) is 24.3 Å². The van der Waals surface area contributed by atoms with Gasteiger partial charge in [0, 0.05) is 17.0 Å². The lowest BCUT2D eigenvalue weighted by Crippen LogP contribution is -1.87. The van der Waals surface area contributed by atoms with Gasteiger partial charge in [0.25, 0.3) is 0 Å². The fourth-order valence-electron chi connectivity index (χ4n) is 1.75. The van der Waals surface area contributed by atoms with Crippen molar-refractivity contribution in [3.05, 3.63) is 23.2 Å². The molecule has 0 unspecified atom stereocenters. The molecule has 2 aromatic rings. The van der Waals surface area contributed by atoms with E-state index < -0.39 is 0 Å². The summed E-state index contributed by atoms with van der Waals surface area (Å²) in [6.45, 7) is 0. The van der Waals surface area contributed by atoms with Crippen LogP contribution >= 0.6 is 11.3 Å². The molecule has 1 aliphatic carbocycles. The topological polar surface area (TPSA) is 38.9 Å². The van der Waals surface area contributed by atoms with Crippen LogP contribution in [0.3, 0.4) is 0 Å². The molecule has 0 amide bonds. The number of nitrogens with zero attached hydrogens (tertiary/aromatic N) is 1. The summed E-state index contributed by atoms with van der Waals surface area (Å²) in [6, 6.07) is 2.11. The number of thiophene rings is 1. The Morgan fingerprint density at radius 2 is 2.31 bits per heavy atom. The van der Waals surface area contributed by atoms with Gasteiger partial charge < -0.3 is 5.73 Å². The van der Waals surface area contributed by atoms with E-state index in [0.29, 0.717) is 0 Å². The van der Waals surface area contributed by atoms with Crippen molar-refractivity contribution in [2.75, 3.05) is 5.73 Å². The smallest absolute Gasteiger partial charge is 0.125 e. The van der Waals surface area contributed by atoms with Crippen molar-refractivity contribution in [1.29, 1.82) is 0 Å². The summed E-state index contributed by atoms with van der Waals surface area (Å²) >= 11 is 1.64. The SMILES string of the molecule is Nc1csc2nccc(C3CC3)c12. The molecule has 0 radical (unpaired) electrons. The van der Waals surface area contributed by atoms with E-state index in [0.717, 1.165) is 16.4 Å². The Morgan fingerprint density at radius 1 is 1.46 bits per heavy atom. The predicted octanol–water partition coefficient (Wildman–Crippen LogP) is 2.76. The van der Waals surface area contributed by atoms with Gasteiger partial charge >= 0.3 is 0 Å². The molecule has 3 heteroatoms. The Bertz CT molecular complexity index is 457. The summed E-state index contributed by atoms with van der Waals surface area (Å²) in [4.78, 5) is 5.40. The van der Waals surface area contributed by atoms with Crippen molar-refractivity contribution in [2.24, 2.45) is 0 Å². The van der Waals surface area contributed by atoms with Gasteiger partial charge in [0.05, 0.1) is 5.69 Å². The van der Waals surface area contributed by atoms with E-state index in [1.165, 1.54) is 23.8 Å². The van der Waals surface area contributed by atoms with Crippen LogP contribution in [0.5, 0.6) is 0 Å². The third-order valence-electron chi connectivity index (χ3n) is 2.55. The molecular formula is C10H10N2S. The lowest BCUT2D eigenvalue weighted by atomic mass is 10.1. The van der Waals surface area contributed by atoms with Crippen LogP contribution in [0.4, 0.5) is 5.69 Å². The first-order valence-electron chi connectivity index (χ1n) is 4.48. The molecule has 3 rings (SSSR count). The van der Waals surface area contributed by atoms with E-state index in [2.05, 4.69) is 11.1 Å². The number of hydrogen-bond donors (Lipinski definition) is 1. The van der Waals surface area contributed by atoms with E-state index in [9.17, 15) is 0 Å². The number of nitrogens with two attached hydrogens (primary N) is 1. The van der Waals surface area contributed by atoms with Crippen molar-refractivity contribution in [2.45, 2.75) is 18.8 Å². The summed E-state index contributed by atoms with van der Waals surface area (Å²) in [5.41, 5.74) is 8.22. The lowest BCUT2D eigenvalue weighted by molar-refractivity contribution is 1.14. The Kier molecular flexibility index (Phi) is 1.38. The summed E-state index contributed by atoms with van der Waals surface area (Å²) in [7, 11) is 0. The van der Waals surface area contributed by atoms with Gasteiger partial charge in [0.2, 0.25) is 0 Å². The molecule has 0 saturated heterocycles.